The van der Waals surface area contributed by atoms with E-state index in [1.807, 2.05) is 18.5 Å². The van der Waals surface area contributed by atoms with Gasteiger partial charge in [0, 0.05) is 18.8 Å². The van der Waals surface area contributed by atoms with Crippen molar-refractivity contribution in [3.05, 3.63) is 25.1 Å². The molecule has 0 atom stereocenters. The van der Waals surface area contributed by atoms with E-state index in [1.165, 1.54) is 0 Å². The van der Waals surface area contributed by atoms with E-state index in [2.05, 4.69) is 24.1 Å². The minimum atomic E-state index is 0.0156. The Labute approximate surface area is 55.6 Å². The molecule has 0 aromatic rings. The van der Waals surface area contributed by atoms with Crippen molar-refractivity contribution in [2.75, 3.05) is 0 Å². The van der Waals surface area contributed by atoms with Gasteiger partial charge in [-0.05, 0) is 6.92 Å². The first-order valence-corrected chi connectivity index (χ1v) is 3.08. The number of nitrogens with one attached hydrogen (secondary N) is 2. The van der Waals surface area contributed by atoms with Crippen LogP contribution in [0.2, 0.25) is 0 Å². The average molecular weight is 124 g/mol. The lowest BCUT2D eigenvalue weighted by Gasteiger charge is -2.23. The summed E-state index contributed by atoms with van der Waals surface area (Å²) in [7, 11) is 0. The zero-order valence-electron chi connectivity index (χ0n) is 5.65. The monoisotopic (exact) mass is 124 g/mol. The first-order chi connectivity index (χ1) is 4.27. The summed E-state index contributed by atoms with van der Waals surface area (Å²) < 4.78 is 0. The standard InChI is InChI=1S/C7H12N2/c1-3-4-7(2)8-5-6-9-7/h3,5-6,8-9H,1,4H2,2H3. The normalized spacial score (nSPS) is 20.6. The van der Waals surface area contributed by atoms with Crippen molar-refractivity contribution >= 4 is 0 Å². The van der Waals surface area contributed by atoms with E-state index >= 15 is 0 Å². The summed E-state index contributed by atoms with van der Waals surface area (Å²) in [5, 5.41) is 6.34. The third-order valence-electron chi connectivity index (χ3n) is 1.44. The van der Waals surface area contributed by atoms with Crippen molar-refractivity contribution in [3.63, 3.8) is 0 Å². The first kappa shape index (κ1) is 6.20. The Morgan fingerprint density at radius 2 is 2.11 bits per heavy atom. The highest BCUT2D eigenvalue weighted by atomic mass is 15.2. The smallest absolute Gasteiger partial charge is 0.107 e. The maximum absolute atomic E-state index is 3.66. The highest BCUT2D eigenvalue weighted by molar-refractivity contribution is 5.01. The van der Waals surface area contributed by atoms with E-state index in [9.17, 15) is 0 Å². The molecule has 0 saturated heterocycles. The Balaban J connectivity index is 2.44. The maximum Gasteiger partial charge on any atom is 0.107 e. The van der Waals surface area contributed by atoms with Crippen LogP contribution in [0.5, 0.6) is 0 Å². The van der Waals surface area contributed by atoms with Gasteiger partial charge >= 0.3 is 0 Å². The van der Waals surface area contributed by atoms with Crippen LogP contribution in [0.3, 0.4) is 0 Å². The van der Waals surface area contributed by atoms with Gasteiger partial charge in [0.25, 0.3) is 0 Å². The highest BCUT2D eigenvalue weighted by Crippen LogP contribution is 2.08. The second-order valence-corrected chi connectivity index (χ2v) is 2.45. The quantitative estimate of drug-likeness (QED) is 0.535. The number of hydrogen-bond donors (Lipinski definition) is 2. The van der Waals surface area contributed by atoms with Gasteiger partial charge in [-0.1, -0.05) is 6.08 Å². The maximum atomic E-state index is 3.66. The van der Waals surface area contributed by atoms with Gasteiger partial charge in [0.05, 0.1) is 0 Å². The lowest BCUT2D eigenvalue weighted by atomic mass is 10.1. The van der Waals surface area contributed by atoms with Gasteiger partial charge in [0.15, 0.2) is 0 Å². The predicted molar refractivity (Wildman–Crippen MR) is 38.6 cm³/mol. The minimum absolute atomic E-state index is 0.0156. The summed E-state index contributed by atoms with van der Waals surface area (Å²) in [6.45, 7) is 5.75. The van der Waals surface area contributed by atoms with Gasteiger partial charge in [-0.3, -0.25) is 0 Å². The Morgan fingerprint density at radius 3 is 2.56 bits per heavy atom. The van der Waals surface area contributed by atoms with Gasteiger partial charge in [0.2, 0.25) is 0 Å². The number of rotatable bonds is 2. The van der Waals surface area contributed by atoms with Crippen LogP contribution in [0, 0.1) is 0 Å². The van der Waals surface area contributed by atoms with Gasteiger partial charge < -0.3 is 10.6 Å². The molecule has 0 fully saturated rings. The molecule has 0 amide bonds. The minimum Gasteiger partial charge on any atom is -0.368 e. The molecule has 2 heteroatoms. The summed E-state index contributed by atoms with van der Waals surface area (Å²) in [5.41, 5.74) is 0.0156. The predicted octanol–water partition coefficient (Wildman–Crippen LogP) is 0.943. The SMILES string of the molecule is C=CCC1(C)NC=CN1. The first-order valence-electron chi connectivity index (χ1n) is 3.08. The van der Waals surface area contributed by atoms with Gasteiger partial charge in [0.1, 0.15) is 5.66 Å². The third kappa shape index (κ3) is 1.25. The van der Waals surface area contributed by atoms with E-state index in [-0.39, 0.29) is 5.66 Å². The molecule has 1 heterocycles. The second kappa shape index (κ2) is 2.13. The van der Waals surface area contributed by atoms with Crippen LogP contribution < -0.4 is 10.6 Å². The summed E-state index contributed by atoms with van der Waals surface area (Å²) in [6, 6.07) is 0. The fraction of sp³-hybridized carbons (Fsp3) is 0.429. The molecule has 2 nitrogen and oxygen atoms in total. The molecule has 2 N–H and O–H groups in total. The molecule has 1 aliphatic rings. The highest BCUT2D eigenvalue weighted by Gasteiger charge is 2.20. The molecule has 1 aliphatic heterocycles. The molecule has 0 spiro atoms. The van der Waals surface area contributed by atoms with Crippen LogP contribution in [0.1, 0.15) is 13.3 Å². The Bertz CT molecular complexity index is 130. The lowest BCUT2D eigenvalue weighted by Crippen LogP contribution is -2.44. The molecular formula is C7H12N2. The van der Waals surface area contributed by atoms with Crippen LogP contribution >= 0.6 is 0 Å². The molecule has 0 saturated carbocycles. The van der Waals surface area contributed by atoms with Crippen LogP contribution in [0.25, 0.3) is 0 Å². The van der Waals surface area contributed by atoms with E-state index in [1.54, 1.807) is 0 Å². The van der Waals surface area contributed by atoms with Crippen LogP contribution in [-0.2, 0) is 0 Å². The van der Waals surface area contributed by atoms with Crippen LogP contribution in [0.15, 0.2) is 25.1 Å². The molecule has 0 unspecified atom stereocenters. The fourth-order valence-corrected chi connectivity index (χ4v) is 0.899. The van der Waals surface area contributed by atoms with E-state index < -0.39 is 0 Å². The van der Waals surface area contributed by atoms with Gasteiger partial charge in [-0.25, -0.2) is 0 Å². The van der Waals surface area contributed by atoms with Gasteiger partial charge in [-0.2, -0.15) is 0 Å². The molecule has 0 bridgehead atoms. The van der Waals surface area contributed by atoms with Crippen molar-refractivity contribution < 1.29 is 0 Å². The van der Waals surface area contributed by atoms with Crippen LogP contribution in [0.4, 0.5) is 0 Å². The third-order valence-corrected chi connectivity index (χ3v) is 1.44. The topological polar surface area (TPSA) is 24.1 Å². The van der Waals surface area contributed by atoms with Crippen molar-refractivity contribution in [1.82, 2.24) is 10.6 Å². The molecule has 0 aliphatic carbocycles. The van der Waals surface area contributed by atoms with E-state index in [0.717, 1.165) is 6.42 Å². The molecule has 1 rings (SSSR count). The summed E-state index contributed by atoms with van der Waals surface area (Å²) in [4.78, 5) is 0. The largest absolute Gasteiger partial charge is 0.368 e. The van der Waals surface area contributed by atoms with Gasteiger partial charge in [-0.15, -0.1) is 6.58 Å². The molecule has 9 heavy (non-hydrogen) atoms. The second-order valence-electron chi connectivity index (χ2n) is 2.45. The van der Waals surface area contributed by atoms with Crippen molar-refractivity contribution in [2.24, 2.45) is 0 Å². The Hall–Kier alpha value is -0.920. The average Bonchev–Trinajstić information content (AvgIpc) is 2.16. The fourth-order valence-electron chi connectivity index (χ4n) is 0.899. The van der Waals surface area contributed by atoms with Crippen molar-refractivity contribution in [3.8, 4) is 0 Å². The Kier molecular flexibility index (Phi) is 1.47. The Morgan fingerprint density at radius 1 is 1.56 bits per heavy atom. The zero-order chi connectivity index (χ0) is 6.74. The molecule has 50 valence electrons. The molecule has 0 radical (unpaired) electrons. The summed E-state index contributed by atoms with van der Waals surface area (Å²) in [5.74, 6) is 0. The molecule has 0 aromatic carbocycles. The lowest BCUT2D eigenvalue weighted by molar-refractivity contribution is 0.388. The van der Waals surface area contributed by atoms with Crippen molar-refractivity contribution in [2.45, 2.75) is 19.0 Å². The van der Waals surface area contributed by atoms with Crippen molar-refractivity contribution in [1.29, 1.82) is 0 Å². The number of hydrogen-bond acceptors (Lipinski definition) is 2. The summed E-state index contributed by atoms with van der Waals surface area (Å²) >= 11 is 0. The van der Waals surface area contributed by atoms with E-state index in [4.69, 9.17) is 0 Å². The summed E-state index contributed by atoms with van der Waals surface area (Å²) in [6.07, 6.45) is 6.64. The van der Waals surface area contributed by atoms with Crippen LogP contribution in [-0.4, -0.2) is 5.66 Å². The molecule has 0 aromatic heterocycles. The molecular weight excluding hydrogens is 112 g/mol. The zero-order valence-corrected chi connectivity index (χ0v) is 5.65. The van der Waals surface area contributed by atoms with E-state index in [0.29, 0.717) is 0 Å².